The lowest BCUT2D eigenvalue weighted by atomic mass is 10.1. The van der Waals surface area contributed by atoms with Crippen molar-refractivity contribution in [2.45, 2.75) is 26.4 Å². The molecule has 0 saturated heterocycles. The van der Waals surface area contributed by atoms with Crippen molar-refractivity contribution >= 4 is 35.0 Å². The summed E-state index contributed by atoms with van der Waals surface area (Å²) in [4.78, 5) is 37.0. The number of nitrogens with one attached hydrogen (secondary N) is 3. The molecule has 3 N–H and O–H groups in total. The molecule has 3 aromatic carbocycles. The lowest BCUT2D eigenvalue weighted by Gasteiger charge is -2.20. The number of halogens is 1. The van der Waals surface area contributed by atoms with E-state index in [9.17, 15) is 18.8 Å². The average Bonchev–Trinajstić information content (AvgIpc) is 2.75. The molecule has 3 aromatic rings. The summed E-state index contributed by atoms with van der Waals surface area (Å²) in [7, 11) is 0. The van der Waals surface area contributed by atoms with Crippen LogP contribution in [-0.2, 0) is 4.74 Å². The van der Waals surface area contributed by atoms with Crippen molar-refractivity contribution < 1.29 is 23.5 Å². The molecule has 33 heavy (non-hydrogen) atoms. The molecule has 0 heterocycles. The first-order valence-electron chi connectivity index (χ1n) is 10.2. The molecule has 170 valence electrons. The minimum Gasteiger partial charge on any atom is -0.444 e. The molecule has 0 aliphatic heterocycles. The van der Waals surface area contributed by atoms with Crippen LogP contribution < -0.4 is 16.0 Å². The molecule has 0 aliphatic carbocycles. The van der Waals surface area contributed by atoms with E-state index in [1.54, 1.807) is 57.2 Å². The second-order valence-electron chi connectivity index (χ2n) is 8.17. The predicted octanol–water partition coefficient (Wildman–Crippen LogP) is 5.68. The highest BCUT2D eigenvalue weighted by Gasteiger charge is 2.18. The van der Waals surface area contributed by atoms with Crippen molar-refractivity contribution in [2.75, 3.05) is 16.0 Å². The van der Waals surface area contributed by atoms with Crippen LogP contribution in [0.1, 0.15) is 41.5 Å². The first kappa shape index (κ1) is 23.5. The lowest BCUT2D eigenvalue weighted by molar-refractivity contribution is 0.0635. The highest BCUT2D eigenvalue weighted by Crippen LogP contribution is 2.25. The van der Waals surface area contributed by atoms with E-state index in [0.29, 0.717) is 11.3 Å². The number of benzene rings is 3. The standard InChI is InChI=1S/C25H24FN3O4/c1-25(2,3)33-24(32)29-20-14-11-18(26)15-21(20)28-23(31)17-9-12-19(13-10-17)27-22(30)16-7-5-4-6-8-16/h4-15H,1-3H3,(H,27,30)(H,28,31)(H,29,32). The van der Waals surface area contributed by atoms with E-state index < -0.39 is 23.4 Å². The van der Waals surface area contributed by atoms with Crippen LogP contribution >= 0.6 is 0 Å². The molecular weight excluding hydrogens is 425 g/mol. The molecule has 3 rings (SSSR count). The predicted molar refractivity (Wildman–Crippen MR) is 125 cm³/mol. The van der Waals surface area contributed by atoms with Gasteiger partial charge in [0.1, 0.15) is 11.4 Å². The van der Waals surface area contributed by atoms with Crippen LogP contribution in [0.5, 0.6) is 0 Å². The molecule has 0 aromatic heterocycles. The number of anilines is 3. The Morgan fingerprint density at radius 1 is 0.727 bits per heavy atom. The first-order chi connectivity index (χ1) is 15.6. The summed E-state index contributed by atoms with van der Waals surface area (Å²) in [5.74, 6) is -1.38. The van der Waals surface area contributed by atoms with Gasteiger partial charge in [0, 0.05) is 16.8 Å². The van der Waals surface area contributed by atoms with Crippen LogP contribution in [0.3, 0.4) is 0 Å². The highest BCUT2D eigenvalue weighted by atomic mass is 19.1. The van der Waals surface area contributed by atoms with Crippen LogP contribution in [-0.4, -0.2) is 23.5 Å². The molecule has 0 fully saturated rings. The second-order valence-corrected chi connectivity index (χ2v) is 8.17. The Morgan fingerprint density at radius 2 is 1.33 bits per heavy atom. The van der Waals surface area contributed by atoms with Gasteiger partial charge >= 0.3 is 6.09 Å². The summed E-state index contributed by atoms with van der Waals surface area (Å²) in [6.45, 7) is 5.14. The fraction of sp³-hybridized carbons (Fsp3) is 0.160. The first-order valence-corrected chi connectivity index (χ1v) is 10.2. The molecule has 7 nitrogen and oxygen atoms in total. The summed E-state index contributed by atoms with van der Waals surface area (Å²) in [6.07, 6.45) is -0.733. The number of rotatable bonds is 5. The van der Waals surface area contributed by atoms with Crippen LogP contribution in [0.25, 0.3) is 0 Å². The molecule has 0 aliphatic rings. The number of ether oxygens (including phenoxy) is 1. The third-order valence-corrected chi connectivity index (χ3v) is 4.31. The van der Waals surface area contributed by atoms with Gasteiger partial charge in [0.05, 0.1) is 11.4 Å². The van der Waals surface area contributed by atoms with Crippen molar-refractivity contribution in [3.63, 3.8) is 0 Å². The van der Waals surface area contributed by atoms with Crippen LogP contribution in [0, 0.1) is 5.82 Å². The maximum Gasteiger partial charge on any atom is 0.412 e. The second kappa shape index (κ2) is 9.95. The Kier molecular flexibility index (Phi) is 7.07. The summed E-state index contributed by atoms with van der Waals surface area (Å²) in [6, 6.07) is 18.5. The van der Waals surface area contributed by atoms with Crippen molar-refractivity contribution in [1.29, 1.82) is 0 Å². The number of hydrogen-bond acceptors (Lipinski definition) is 4. The van der Waals surface area contributed by atoms with Crippen molar-refractivity contribution in [1.82, 2.24) is 0 Å². The number of carbonyl (C=O) groups is 3. The van der Waals surface area contributed by atoms with E-state index in [4.69, 9.17) is 4.74 Å². The largest absolute Gasteiger partial charge is 0.444 e. The molecular formula is C25H24FN3O4. The van der Waals surface area contributed by atoms with Crippen LogP contribution in [0.4, 0.5) is 26.2 Å². The Balaban J connectivity index is 1.69. The van der Waals surface area contributed by atoms with Crippen molar-refractivity contribution in [3.05, 3.63) is 89.7 Å². The maximum atomic E-state index is 13.8. The number of amides is 3. The van der Waals surface area contributed by atoms with Crippen molar-refractivity contribution in [3.8, 4) is 0 Å². The number of carbonyl (C=O) groups excluding carboxylic acids is 3. The van der Waals surface area contributed by atoms with Gasteiger partial charge in [-0.2, -0.15) is 0 Å². The number of hydrogen-bond donors (Lipinski definition) is 3. The zero-order valence-corrected chi connectivity index (χ0v) is 18.4. The van der Waals surface area contributed by atoms with Gasteiger partial charge in [0.2, 0.25) is 0 Å². The average molecular weight is 449 g/mol. The van der Waals surface area contributed by atoms with Gasteiger partial charge in [-0.25, -0.2) is 9.18 Å². The Hall–Kier alpha value is -4.20. The quantitative estimate of drug-likeness (QED) is 0.467. The van der Waals surface area contributed by atoms with E-state index in [2.05, 4.69) is 16.0 Å². The van der Waals surface area contributed by atoms with Gasteiger partial charge in [0.25, 0.3) is 11.8 Å². The zero-order chi connectivity index (χ0) is 24.0. The highest BCUT2D eigenvalue weighted by molar-refractivity contribution is 6.08. The fourth-order valence-corrected chi connectivity index (χ4v) is 2.83. The van der Waals surface area contributed by atoms with Gasteiger partial charge in [-0.1, -0.05) is 18.2 Å². The molecule has 0 atom stereocenters. The normalized spacial score (nSPS) is 10.8. The third-order valence-electron chi connectivity index (χ3n) is 4.31. The molecule has 0 radical (unpaired) electrons. The minimum atomic E-state index is -0.733. The van der Waals surface area contributed by atoms with Gasteiger partial charge in [-0.15, -0.1) is 0 Å². The van der Waals surface area contributed by atoms with Gasteiger partial charge in [-0.3, -0.25) is 14.9 Å². The van der Waals surface area contributed by atoms with Crippen LogP contribution in [0.2, 0.25) is 0 Å². The summed E-state index contributed by atoms with van der Waals surface area (Å²) in [5, 5.41) is 7.84. The molecule has 0 spiro atoms. The fourth-order valence-electron chi connectivity index (χ4n) is 2.83. The monoisotopic (exact) mass is 449 g/mol. The Bertz CT molecular complexity index is 1160. The molecule has 3 amide bonds. The minimum absolute atomic E-state index is 0.0762. The SMILES string of the molecule is CC(C)(C)OC(=O)Nc1ccc(F)cc1NC(=O)c1ccc(NC(=O)c2ccccc2)cc1. The van der Waals surface area contributed by atoms with Gasteiger partial charge in [-0.05, 0) is 75.4 Å². The van der Waals surface area contributed by atoms with Gasteiger partial charge < -0.3 is 15.4 Å². The Morgan fingerprint density at radius 3 is 1.97 bits per heavy atom. The summed E-state index contributed by atoms with van der Waals surface area (Å²) >= 11 is 0. The van der Waals surface area contributed by atoms with Gasteiger partial charge in [0.15, 0.2) is 0 Å². The lowest BCUT2D eigenvalue weighted by Crippen LogP contribution is -2.27. The van der Waals surface area contributed by atoms with Crippen LogP contribution in [0.15, 0.2) is 72.8 Å². The summed E-state index contributed by atoms with van der Waals surface area (Å²) in [5.41, 5.74) is 0.845. The molecule has 0 unspecified atom stereocenters. The third kappa shape index (κ3) is 6.90. The smallest absolute Gasteiger partial charge is 0.412 e. The zero-order valence-electron chi connectivity index (χ0n) is 18.4. The van der Waals surface area contributed by atoms with E-state index in [1.165, 1.54) is 18.2 Å². The Labute approximate surface area is 191 Å². The van der Waals surface area contributed by atoms with E-state index in [0.717, 1.165) is 12.1 Å². The van der Waals surface area contributed by atoms with E-state index in [1.807, 2.05) is 6.07 Å². The molecule has 0 saturated carbocycles. The van der Waals surface area contributed by atoms with E-state index in [-0.39, 0.29) is 22.8 Å². The maximum absolute atomic E-state index is 13.8. The topological polar surface area (TPSA) is 96.5 Å². The molecule has 8 heteroatoms. The summed E-state index contributed by atoms with van der Waals surface area (Å²) < 4.78 is 19.0. The van der Waals surface area contributed by atoms with E-state index >= 15 is 0 Å². The van der Waals surface area contributed by atoms with Crippen molar-refractivity contribution in [2.24, 2.45) is 0 Å². The molecule has 0 bridgehead atoms.